The zero-order chi connectivity index (χ0) is 20.1. The lowest BCUT2D eigenvalue weighted by molar-refractivity contribution is -0.130. The maximum atomic E-state index is 11.3. The molecule has 0 spiro atoms. The van der Waals surface area contributed by atoms with E-state index in [1.165, 1.54) is 76.2 Å². The summed E-state index contributed by atoms with van der Waals surface area (Å²) >= 11 is 0. The van der Waals surface area contributed by atoms with Crippen molar-refractivity contribution in [2.45, 2.75) is 111 Å². The summed E-state index contributed by atoms with van der Waals surface area (Å²) in [6.45, 7) is 14.0. The van der Waals surface area contributed by atoms with Crippen molar-refractivity contribution in [1.82, 2.24) is 0 Å². The molecule has 1 nitrogen and oxygen atoms in total. The van der Waals surface area contributed by atoms with E-state index in [1.54, 1.807) is 0 Å². The lowest BCUT2D eigenvalue weighted by atomic mass is 9.44. The Bertz CT molecular complexity index is 581. The summed E-state index contributed by atoms with van der Waals surface area (Å²) in [5.41, 5.74) is 2.27. The van der Waals surface area contributed by atoms with E-state index in [1.807, 2.05) is 0 Å². The molecule has 4 fully saturated rings. The molecule has 0 heterocycles. The number of hydrogen-bond donors (Lipinski definition) is 1. The van der Waals surface area contributed by atoms with Gasteiger partial charge in [-0.05, 0) is 111 Å². The van der Waals surface area contributed by atoms with Crippen LogP contribution in [0.25, 0.3) is 0 Å². The summed E-state index contributed by atoms with van der Waals surface area (Å²) in [6.07, 6.45) is 16.3. The molecule has 4 rings (SSSR count). The maximum Gasteiger partial charge on any atom is 0.0579 e. The second kappa shape index (κ2) is 7.75. The molecule has 0 radical (unpaired) electrons. The van der Waals surface area contributed by atoms with Gasteiger partial charge >= 0.3 is 0 Å². The van der Waals surface area contributed by atoms with E-state index in [4.69, 9.17) is 0 Å². The number of aliphatic hydroxyl groups excluding tert-OH is 1. The molecule has 4 aliphatic carbocycles. The Morgan fingerprint density at radius 3 is 2.61 bits per heavy atom. The van der Waals surface area contributed by atoms with Gasteiger partial charge in [-0.1, -0.05) is 45.6 Å². The van der Waals surface area contributed by atoms with Crippen LogP contribution in [0.3, 0.4) is 0 Å². The van der Waals surface area contributed by atoms with Gasteiger partial charge < -0.3 is 5.11 Å². The maximum absolute atomic E-state index is 11.3. The Kier molecular flexibility index (Phi) is 5.80. The minimum atomic E-state index is -0.0462. The van der Waals surface area contributed by atoms with Crippen molar-refractivity contribution >= 4 is 0 Å². The average Bonchev–Trinajstić information content (AvgIpc) is 2.92. The van der Waals surface area contributed by atoms with E-state index in [0.717, 1.165) is 36.0 Å². The highest BCUT2D eigenvalue weighted by Gasteiger charge is 2.62. The number of fused-ring (bicyclic) bond motifs is 5. The van der Waals surface area contributed by atoms with Gasteiger partial charge in [-0.3, -0.25) is 0 Å². The van der Waals surface area contributed by atoms with Crippen molar-refractivity contribution in [3.63, 3.8) is 0 Å². The third-order valence-corrected chi connectivity index (χ3v) is 10.6. The SMILES string of the molecule is C=C(C)CCC[C@@H](C)[C@H]1CC(O)[C@H]2[C@@H]3CCC4CCCC[C@]4(C)[C@H]3CC[C@]12C. The monoisotopic (exact) mass is 386 g/mol. The number of hydrogen-bond acceptors (Lipinski definition) is 1. The Hall–Kier alpha value is -0.300. The summed E-state index contributed by atoms with van der Waals surface area (Å²) in [5.74, 6) is 4.68. The first-order chi connectivity index (χ1) is 13.3. The van der Waals surface area contributed by atoms with Crippen molar-refractivity contribution in [1.29, 1.82) is 0 Å². The van der Waals surface area contributed by atoms with E-state index in [9.17, 15) is 5.11 Å². The van der Waals surface area contributed by atoms with Gasteiger partial charge in [0.2, 0.25) is 0 Å². The summed E-state index contributed by atoms with van der Waals surface area (Å²) < 4.78 is 0. The molecule has 0 aliphatic heterocycles. The molecule has 28 heavy (non-hydrogen) atoms. The van der Waals surface area contributed by atoms with Crippen molar-refractivity contribution in [3.05, 3.63) is 12.2 Å². The summed E-state index contributed by atoms with van der Waals surface area (Å²) in [7, 11) is 0. The summed E-state index contributed by atoms with van der Waals surface area (Å²) in [4.78, 5) is 0. The molecule has 1 heteroatoms. The second-order valence-corrected chi connectivity index (χ2v) is 12.1. The van der Waals surface area contributed by atoms with Crippen LogP contribution in [-0.4, -0.2) is 11.2 Å². The lowest BCUT2D eigenvalue weighted by Crippen LogP contribution is -2.54. The molecule has 2 unspecified atom stereocenters. The molecule has 0 saturated heterocycles. The smallest absolute Gasteiger partial charge is 0.0579 e. The molecule has 4 aliphatic rings. The minimum Gasteiger partial charge on any atom is -0.393 e. The minimum absolute atomic E-state index is 0.0462. The first kappa shape index (κ1) is 21.0. The van der Waals surface area contributed by atoms with Crippen molar-refractivity contribution in [2.75, 3.05) is 0 Å². The third-order valence-electron chi connectivity index (χ3n) is 10.6. The van der Waals surface area contributed by atoms with Crippen LogP contribution in [0.1, 0.15) is 105 Å². The Morgan fingerprint density at radius 2 is 1.86 bits per heavy atom. The van der Waals surface area contributed by atoms with Crippen LogP contribution in [0.5, 0.6) is 0 Å². The van der Waals surface area contributed by atoms with E-state index in [-0.39, 0.29) is 6.10 Å². The van der Waals surface area contributed by atoms with Gasteiger partial charge in [0.15, 0.2) is 0 Å². The molecular weight excluding hydrogens is 340 g/mol. The van der Waals surface area contributed by atoms with Crippen molar-refractivity contribution < 1.29 is 5.11 Å². The van der Waals surface area contributed by atoms with Gasteiger partial charge in [-0.25, -0.2) is 0 Å². The predicted octanol–water partition coefficient (Wildman–Crippen LogP) is 7.39. The second-order valence-electron chi connectivity index (χ2n) is 12.1. The first-order valence-electron chi connectivity index (χ1n) is 12.6. The molecule has 1 N–H and O–H groups in total. The van der Waals surface area contributed by atoms with Crippen LogP contribution < -0.4 is 0 Å². The zero-order valence-electron chi connectivity index (χ0n) is 19.2. The van der Waals surface area contributed by atoms with Gasteiger partial charge in [0.05, 0.1) is 6.10 Å². The Morgan fingerprint density at radius 1 is 1.07 bits per heavy atom. The number of aliphatic hydroxyl groups is 1. The zero-order valence-corrected chi connectivity index (χ0v) is 19.2. The van der Waals surface area contributed by atoms with Crippen LogP contribution in [-0.2, 0) is 0 Å². The van der Waals surface area contributed by atoms with Crippen LogP contribution in [0, 0.1) is 46.3 Å². The third kappa shape index (κ3) is 3.32. The molecule has 160 valence electrons. The van der Waals surface area contributed by atoms with Gasteiger partial charge in [0.25, 0.3) is 0 Å². The highest BCUT2D eigenvalue weighted by molar-refractivity contribution is 5.11. The molecule has 9 atom stereocenters. The standard InChI is InChI=1S/C27H46O/c1-18(2)9-8-10-19(3)23-17-24(28)25-21-13-12-20-11-6-7-15-26(20,4)22(21)14-16-27(23,25)5/h19-25,28H,1,6-17H2,2-5H3/t19-,20?,21-,22+,23-,24?,25-,26+,27-/m1/s1. The first-order valence-corrected chi connectivity index (χ1v) is 12.6. The highest BCUT2D eigenvalue weighted by atomic mass is 16.3. The fourth-order valence-corrected chi connectivity index (χ4v) is 9.22. The summed E-state index contributed by atoms with van der Waals surface area (Å²) in [5, 5.41) is 11.3. The van der Waals surface area contributed by atoms with Gasteiger partial charge in [0, 0.05) is 0 Å². The van der Waals surface area contributed by atoms with E-state index in [2.05, 4.69) is 34.3 Å². The topological polar surface area (TPSA) is 20.2 Å². The molecule has 0 amide bonds. The van der Waals surface area contributed by atoms with Gasteiger partial charge in [-0.2, -0.15) is 0 Å². The van der Waals surface area contributed by atoms with Gasteiger partial charge in [0.1, 0.15) is 0 Å². The van der Waals surface area contributed by atoms with Crippen LogP contribution >= 0.6 is 0 Å². The largest absolute Gasteiger partial charge is 0.393 e. The average molecular weight is 387 g/mol. The van der Waals surface area contributed by atoms with Crippen LogP contribution in [0.2, 0.25) is 0 Å². The quantitative estimate of drug-likeness (QED) is 0.488. The molecule has 0 aromatic heterocycles. The van der Waals surface area contributed by atoms with Crippen molar-refractivity contribution in [3.8, 4) is 0 Å². The molecule has 0 bridgehead atoms. The van der Waals surface area contributed by atoms with Crippen LogP contribution in [0.15, 0.2) is 12.2 Å². The fraction of sp³-hybridized carbons (Fsp3) is 0.926. The van der Waals surface area contributed by atoms with E-state index in [0.29, 0.717) is 16.7 Å². The number of rotatable bonds is 5. The van der Waals surface area contributed by atoms with Gasteiger partial charge in [-0.15, -0.1) is 6.58 Å². The van der Waals surface area contributed by atoms with E-state index < -0.39 is 0 Å². The fourth-order valence-electron chi connectivity index (χ4n) is 9.22. The number of allylic oxidation sites excluding steroid dienone is 1. The Balaban J connectivity index is 1.52. The highest BCUT2D eigenvalue weighted by Crippen LogP contribution is 2.68. The van der Waals surface area contributed by atoms with E-state index >= 15 is 0 Å². The van der Waals surface area contributed by atoms with Crippen molar-refractivity contribution in [2.24, 2.45) is 46.3 Å². The molecule has 4 saturated carbocycles. The molecule has 0 aromatic carbocycles. The normalized spacial score (nSPS) is 49.0. The molecular formula is C27H46O. The van der Waals surface area contributed by atoms with Crippen LogP contribution in [0.4, 0.5) is 0 Å². The lowest BCUT2D eigenvalue weighted by Gasteiger charge is -2.61. The Labute approximate surface area is 174 Å². The molecule has 0 aromatic rings. The summed E-state index contributed by atoms with van der Waals surface area (Å²) in [6, 6.07) is 0. The predicted molar refractivity (Wildman–Crippen MR) is 119 cm³/mol.